The van der Waals surface area contributed by atoms with Crippen LogP contribution in [0.25, 0.3) is 0 Å². The number of nitrogens with one attached hydrogen (secondary N) is 1. The Bertz CT molecular complexity index is 326. The Morgan fingerprint density at radius 3 is 2.88 bits per heavy atom. The average Bonchev–Trinajstić information content (AvgIpc) is 2.79. The van der Waals surface area contributed by atoms with E-state index in [0.29, 0.717) is 6.04 Å². The predicted molar refractivity (Wildman–Crippen MR) is 70.9 cm³/mol. The summed E-state index contributed by atoms with van der Waals surface area (Å²) >= 11 is 0. The molecule has 1 aromatic heterocycles. The van der Waals surface area contributed by atoms with E-state index in [-0.39, 0.29) is 0 Å². The van der Waals surface area contributed by atoms with Crippen LogP contribution in [0.5, 0.6) is 0 Å². The van der Waals surface area contributed by atoms with Crippen molar-refractivity contribution in [3.63, 3.8) is 0 Å². The first kappa shape index (κ1) is 12.6. The maximum Gasteiger partial charge on any atom is 0.0537 e. The number of hydrogen-bond acceptors (Lipinski definition) is 2. The first-order valence-electron chi connectivity index (χ1n) is 7.05. The second kappa shape index (κ2) is 6.20. The summed E-state index contributed by atoms with van der Waals surface area (Å²) in [6.45, 7) is 6.46. The third-order valence-electron chi connectivity index (χ3n) is 3.83. The molecule has 0 spiro atoms. The lowest BCUT2D eigenvalue weighted by Crippen LogP contribution is -2.17. The molecule has 1 fully saturated rings. The van der Waals surface area contributed by atoms with E-state index in [1.54, 1.807) is 0 Å². The summed E-state index contributed by atoms with van der Waals surface area (Å²) < 4.78 is 2.14. The fourth-order valence-corrected chi connectivity index (χ4v) is 2.76. The maximum atomic E-state index is 4.49. The molecule has 0 saturated heterocycles. The van der Waals surface area contributed by atoms with Crippen molar-refractivity contribution in [2.45, 2.75) is 58.5 Å². The number of aromatic nitrogens is 2. The van der Waals surface area contributed by atoms with Crippen LogP contribution in [0.15, 0.2) is 12.4 Å². The van der Waals surface area contributed by atoms with Crippen molar-refractivity contribution in [2.24, 2.45) is 5.92 Å². The molecule has 0 aliphatic heterocycles. The molecule has 1 atom stereocenters. The van der Waals surface area contributed by atoms with Gasteiger partial charge in [-0.3, -0.25) is 4.68 Å². The molecule has 3 heteroatoms. The topological polar surface area (TPSA) is 29.9 Å². The standard InChI is InChI=1S/C14H25N3/c1-3-15-12(2)14-9-16-17(11-14)10-13-7-5-4-6-8-13/h9,11-13,15H,3-8,10H2,1-2H3. The van der Waals surface area contributed by atoms with Crippen molar-refractivity contribution < 1.29 is 0 Å². The van der Waals surface area contributed by atoms with Crippen molar-refractivity contribution >= 4 is 0 Å². The minimum absolute atomic E-state index is 0.417. The molecule has 1 aliphatic carbocycles. The summed E-state index contributed by atoms with van der Waals surface area (Å²) in [6.07, 6.45) is 11.2. The van der Waals surface area contributed by atoms with E-state index in [1.165, 1.54) is 37.7 Å². The fraction of sp³-hybridized carbons (Fsp3) is 0.786. The second-order valence-electron chi connectivity index (χ2n) is 5.28. The lowest BCUT2D eigenvalue weighted by atomic mass is 9.89. The predicted octanol–water partition coefficient (Wildman–Crippen LogP) is 3.13. The zero-order valence-corrected chi connectivity index (χ0v) is 11.2. The smallest absolute Gasteiger partial charge is 0.0537 e. The fourth-order valence-electron chi connectivity index (χ4n) is 2.76. The second-order valence-corrected chi connectivity index (χ2v) is 5.28. The van der Waals surface area contributed by atoms with E-state index >= 15 is 0 Å². The van der Waals surface area contributed by atoms with Crippen LogP contribution in [0.1, 0.15) is 57.6 Å². The van der Waals surface area contributed by atoms with Crippen molar-refractivity contribution in [1.82, 2.24) is 15.1 Å². The Balaban J connectivity index is 1.88. The van der Waals surface area contributed by atoms with Gasteiger partial charge in [0.2, 0.25) is 0 Å². The first-order chi connectivity index (χ1) is 8.29. The van der Waals surface area contributed by atoms with Crippen LogP contribution in [-0.4, -0.2) is 16.3 Å². The maximum absolute atomic E-state index is 4.49. The van der Waals surface area contributed by atoms with Gasteiger partial charge in [0.05, 0.1) is 6.20 Å². The van der Waals surface area contributed by atoms with Gasteiger partial charge in [-0.25, -0.2) is 0 Å². The van der Waals surface area contributed by atoms with Crippen LogP contribution in [0.4, 0.5) is 0 Å². The zero-order chi connectivity index (χ0) is 12.1. The summed E-state index contributed by atoms with van der Waals surface area (Å²) in [5.41, 5.74) is 1.31. The normalized spacial score (nSPS) is 19.4. The molecule has 0 radical (unpaired) electrons. The molecule has 1 aliphatic rings. The molecule has 0 bridgehead atoms. The summed E-state index contributed by atoms with van der Waals surface area (Å²) in [4.78, 5) is 0. The van der Waals surface area contributed by atoms with Crippen LogP contribution in [0, 0.1) is 5.92 Å². The SMILES string of the molecule is CCNC(C)c1cnn(CC2CCCCC2)c1. The quantitative estimate of drug-likeness (QED) is 0.849. The van der Waals surface area contributed by atoms with Gasteiger partial charge in [0.15, 0.2) is 0 Å². The highest BCUT2D eigenvalue weighted by Gasteiger charge is 2.15. The van der Waals surface area contributed by atoms with Crippen LogP contribution in [-0.2, 0) is 6.54 Å². The Morgan fingerprint density at radius 1 is 1.41 bits per heavy atom. The van der Waals surface area contributed by atoms with E-state index in [9.17, 15) is 0 Å². The van der Waals surface area contributed by atoms with Gasteiger partial charge in [-0.2, -0.15) is 5.10 Å². The molecule has 0 aromatic carbocycles. The third kappa shape index (κ3) is 3.56. The van der Waals surface area contributed by atoms with E-state index in [2.05, 4.69) is 35.1 Å². The largest absolute Gasteiger partial charge is 0.310 e. The highest BCUT2D eigenvalue weighted by molar-refractivity contribution is 5.09. The van der Waals surface area contributed by atoms with E-state index in [1.807, 2.05) is 6.20 Å². The summed E-state index contributed by atoms with van der Waals surface area (Å²) in [5.74, 6) is 0.853. The van der Waals surface area contributed by atoms with Gasteiger partial charge in [-0.1, -0.05) is 26.2 Å². The molecule has 1 aromatic rings. The molecule has 17 heavy (non-hydrogen) atoms. The zero-order valence-electron chi connectivity index (χ0n) is 11.2. The van der Waals surface area contributed by atoms with Crippen molar-refractivity contribution in [1.29, 1.82) is 0 Å². The summed E-state index contributed by atoms with van der Waals surface area (Å²) in [6, 6.07) is 0.417. The molecule has 1 heterocycles. The van der Waals surface area contributed by atoms with Gasteiger partial charge in [-0.05, 0) is 32.2 Å². The molecular weight excluding hydrogens is 210 g/mol. The average molecular weight is 235 g/mol. The van der Waals surface area contributed by atoms with Gasteiger partial charge in [0.25, 0.3) is 0 Å². The van der Waals surface area contributed by atoms with Gasteiger partial charge < -0.3 is 5.32 Å². The molecule has 1 saturated carbocycles. The Labute approximate surface area is 105 Å². The Hall–Kier alpha value is -0.830. The number of hydrogen-bond donors (Lipinski definition) is 1. The molecule has 0 amide bonds. The van der Waals surface area contributed by atoms with Crippen molar-refractivity contribution in [2.75, 3.05) is 6.54 Å². The third-order valence-corrected chi connectivity index (χ3v) is 3.83. The molecule has 1 unspecified atom stereocenters. The molecular formula is C14H25N3. The highest BCUT2D eigenvalue weighted by Crippen LogP contribution is 2.25. The summed E-state index contributed by atoms with van der Waals surface area (Å²) in [7, 11) is 0. The van der Waals surface area contributed by atoms with Crippen LogP contribution in [0.2, 0.25) is 0 Å². The van der Waals surface area contributed by atoms with Crippen molar-refractivity contribution in [3.8, 4) is 0 Å². The summed E-state index contributed by atoms with van der Waals surface area (Å²) in [5, 5.41) is 7.92. The van der Waals surface area contributed by atoms with Gasteiger partial charge in [0.1, 0.15) is 0 Å². The van der Waals surface area contributed by atoms with Crippen LogP contribution < -0.4 is 5.32 Å². The van der Waals surface area contributed by atoms with Gasteiger partial charge in [0, 0.05) is 24.3 Å². The number of nitrogens with zero attached hydrogens (tertiary/aromatic N) is 2. The molecule has 96 valence electrons. The lowest BCUT2D eigenvalue weighted by molar-refractivity contribution is 0.308. The Kier molecular flexibility index (Phi) is 4.60. The van der Waals surface area contributed by atoms with Gasteiger partial charge >= 0.3 is 0 Å². The molecule has 1 N–H and O–H groups in total. The molecule has 2 rings (SSSR count). The minimum atomic E-state index is 0.417. The minimum Gasteiger partial charge on any atom is -0.310 e. The highest BCUT2D eigenvalue weighted by atomic mass is 15.3. The van der Waals surface area contributed by atoms with E-state index < -0.39 is 0 Å². The Morgan fingerprint density at radius 2 is 2.18 bits per heavy atom. The van der Waals surface area contributed by atoms with Gasteiger partial charge in [-0.15, -0.1) is 0 Å². The van der Waals surface area contributed by atoms with E-state index in [0.717, 1.165) is 19.0 Å². The van der Waals surface area contributed by atoms with E-state index in [4.69, 9.17) is 0 Å². The van der Waals surface area contributed by atoms with Crippen LogP contribution >= 0.6 is 0 Å². The monoisotopic (exact) mass is 235 g/mol. The first-order valence-corrected chi connectivity index (χ1v) is 7.05. The number of rotatable bonds is 5. The van der Waals surface area contributed by atoms with Crippen LogP contribution in [0.3, 0.4) is 0 Å². The lowest BCUT2D eigenvalue weighted by Gasteiger charge is -2.21. The molecule has 3 nitrogen and oxygen atoms in total. The van der Waals surface area contributed by atoms with Crippen molar-refractivity contribution in [3.05, 3.63) is 18.0 Å².